The smallest absolute Gasteiger partial charge is 0.162 e. The van der Waals surface area contributed by atoms with E-state index in [1.807, 2.05) is 0 Å². The SMILES string of the molecule is COc1cc2nc(-c3cc(F)ccc3-c3ccccc3O)nc(N[C@@H]3CNC[C@H]3C(C)(C)O)c2cc1OC. The van der Waals surface area contributed by atoms with Crippen LogP contribution < -0.4 is 20.1 Å². The van der Waals surface area contributed by atoms with Crippen LogP contribution in [0.3, 0.4) is 0 Å². The van der Waals surface area contributed by atoms with E-state index in [9.17, 15) is 14.6 Å². The Bertz CT molecular complexity index is 1490. The number of nitrogens with zero attached hydrogens (tertiary/aromatic N) is 2. The molecular weight excluding hydrogens is 487 g/mol. The van der Waals surface area contributed by atoms with Crippen molar-refractivity contribution in [3.8, 4) is 39.8 Å². The highest BCUT2D eigenvalue weighted by Gasteiger charge is 2.38. The average molecular weight is 519 g/mol. The summed E-state index contributed by atoms with van der Waals surface area (Å²) >= 11 is 0. The first-order chi connectivity index (χ1) is 18.2. The van der Waals surface area contributed by atoms with Gasteiger partial charge in [0.15, 0.2) is 17.3 Å². The quantitative estimate of drug-likeness (QED) is 0.281. The predicted molar refractivity (Wildman–Crippen MR) is 145 cm³/mol. The van der Waals surface area contributed by atoms with Gasteiger partial charge in [0.1, 0.15) is 17.4 Å². The molecule has 4 aromatic rings. The number of hydrogen-bond donors (Lipinski definition) is 4. The van der Waals surface area contributed by atoms with Gasteiger partial charge in [0, 0.05) is 47.6 Å². The summed E-state index contributed by atoms with van der Waals surface area (Å²) in [5.41, 5.74) is 1.19. The number of nitrogens with one attached hydrogen (secondary N) is 2. The Kier molecular flexibility index (Phi) is 6.81. The highest BCUT2D eigenvalue weighted by Crippen LogP contribution is 2.40. The summed E-state index contributed by atoms with van der Waals surface area (Å²) in [5, 5.41) is 28.9. The number of halogens is 1. The van der Waals surface area contributed by atoms with Crippen molar-refractivity contribution in [3.63, 3.8) is 0 Å². The number of anilines is 1. The van der Waals surface area contributed by atoms with Crippen LogP contribution in [0.15, 0.2) is 54.6 Å². The number of ether oxygens (including phenoxy) is 2. The van der Waals surface area contributed by atoms with Gasteiger partial charge in [0.05, 0.1) is 25.3 Å². The number of rotatable bonds is 7. The average Bonchev–Trinajstić information content (AvgIpc) is 3.37. The van der Waals surface area contributed by atoms with Crippen molar-refractivity contribution in [2.75, 3.05) is 32.6 Å². The van der Waals surface area contributed by atoms with Crippen LogP contribution in [0.5, 0.6) is 17.2 Å². The van der Waals surface area contributed by atoms with E-state index < -0.39 is 11.4 Å². The van der Waals surface area contributed by atoms with Crippen molar-refractivity contribution in [1.29, 1.82) is 0 Å². The van der Waals surface area contributed by atoms with Gasteiger partial charge in [-0.25, -0.2) is 14.4 Å². The lowest BCUT2D eigenvalue weighted by atomic mass is 9.87. The minimum atomic E-state index is -0.922. The Morgan fingerprint density at radius 1 is 0.947 bits per heavy atom. The topological polar surface area (TPSA) is 109 Å². The van der Waals surface area contributed by atoms with Crippen molar-refractivity contribution in [2.45, 2.75) is 25.5 Å². The third kappa shape index (κ3) is 4.82. The fourth-order valence-electron chi connectivity index (χ4n) is 5.07. The Hall–Kier alpha value is -3.95. The maximum absolute atomic E-state index is 14.6. The number of benzene rings is 3. The molecule has 4 N–H and O–H groups in total. The van der Waals surface area contributed by atoms with Gasteiger partial charge in [-0.2, -0.15) is 0 Å². The third-order valence-corrected chi connectivity index (χ3v) is 7.06. The van der Waals surface area contributed by atoms with Gasteiger partial charge in [-0.15, -0.1) is 0 Å². The van der Waals surface area contributed by atoms with Gasteiger partial charge < -0.3 is 30.3 Å². The van der Waals surface area contributed by atoms with E-state index in [0.717, 1.165) is 0 Å². The van der Waals surface area contributed by atoms with Crippen LogP contribution in [0.4, 0.5) is 10.2 Å². The molecule has 2 atom stereocenters. The summed E-state index contributed by atoms with van der Waals surface area (Å²) in [6.45, 7) is 4.87. The zero-order chi connectivity index (χ0) is 27.0. The molecule has 5 rings (SSSR count). The fraction of sp³-hybridized carbons (Fsp3) is 0.310. The third-order valence-electron chi connectivity index (χ3n) is 7.06. The molecule has 1 fully saturated rings. The van der Waals surface area contributed by atoms with Crippen molar-refractivity contribution >= 4 is 16.7 Å². The number of aromatic nitrogens is 2. The Labute approximate surface area is 220 Å². The number of aliphatic hydroxyl groups is 1. The molecule has 38 heavy (non-hydrogen) atoms. The lowest BCUT2D eigenvalue weighted by Gasteiger charge is -2.31. The molecule has 198 valence electrons. The molecule has 1 aliphatic rings. The van der Waals surface area contributed by atoms with Gasteiger partial charge in [0.2, 0.25) is 0 Å². The number of phenols is 1. The van der Waals surface area contributed by atoms with Crippen LogP contribution in [0.1, 0.15) is 13.8 Å². The molecule has 0 saturated carbocycles. The van der Waals surface area contributed by atoms with E-state index in [1.165, 1.54) is 12.1 Å². The van der Waals surface area contributed by atoms with E-state index in [-0.39, 0.29) is 23.5 Å². The zero-order valence-electron chi connectivity index (χ0n) is 21.7. The largest absolute Gasteiger partial charge is 0.507 e. The molecule has 0 aliphatic carbocycles. The molecule has 1 saturated heterocycles. The van der Waals surface area contributed by atoms with E-state index in [2.05, 4.69) is 10.6 Å². The zero-order valence-corrected chi connectivity index (χ0v) is 21.7. The standard InChI is InChI=1S/C29H31FN4O4/c1-29(2,36)21-14-31-15-23(21)33-28-20-12-25(37-3)26(38-4)13-22(20)32-27(34-28)19-11-16(30)9-10-17(19)18-7-5-6-8-24(18)35/h5-13,21,23,31,35-36H,14-15H2,1-4H3,(H,32,33,34)/t21-,23-/m1/s1. The summed E-state index contributed by atoms with van der Waals surface area (Å²) in [5.74, 6) is 1.33. The number of hydrogen-bond acceptors (Lipinski definition) is 8. The van der Waals surface area contributed by atoms with Crippen LogP contribution in [0, 0.1) is 11.7 Å². The number of para-hydroxylation sites is 1. The van der Waals surface area contributed by atoms with Crippen LogP contribution in [-0.4, -0.2) is 59.1 Å². The van der Waals surface area contributed by atoms with Crippen molar-refractivity contribution in [3.05, 3.63) is 60.4 Å². The Morgan fingerprint density at radius 2 is 1.68 bits per heavy atom. The minimum Gasteiger partial charge on any atom is -0.507 e. The summed E-state index contributed by atoms with van der Waals surface area (Å²) in [4.78, 5) is 9.65. The number of phenolic OH excluding ortho intramolecular Hbond substituents is 1. The maximum Gasteiger partial charge on any atom is 0.162 e. The Morgan fingerprint density at radius 3 is 2.39 bits per heavy atom. The monoisotopic (exact) mass is 518 g/mol. The van der Waals surface area contributed by atoms with E-state index in [1.54, 1.807) is 70.5 Å². The first-order valence-electron chi connectivity index (χ1n) is 12.4. The van der Waals surface area contributed by atoms with Gasteiger partial charge >= 0.3 is 0 Å². The van der Waals surface area contributed by atoms with Crippen molar-refractivity contribution < 1.29 is 24.1 Å². The second-order valence-corrected chi connectivity index (χ2v) is 10.00. The van der Waals surface area contributed by atoms with Crippen LogP contribution in [0.25, 0.3) is 33.4 Å². The second kappa shape index (κ2) is 10.1. The minimum absolute atomic E-state index is 0.0657. The molecular formula is C29H31FN4O4. The lowest BCUT2D eigenvalue weighted by Crippen LogP contribution is -2.42. The molecule has 2 heterocycles. The fourth-order valence-corrected chi connectivity index (χ4v) is 5.07. The maximum atomic E-state index is 14.6. The number of aromatic hydroxyl groups is 1. The van der Waals surface area contributed by atoms with Gasteiger partial charge in [-0.05, 0) is 43.7 Å². The first-order valence-corrected chi connectivity index (χ1v) is 12.4. The first kappa shape index (κ1) is 25.7. The highest BCUT2D eigenvalue weighted by molar-refractivity contribution is 5.94. The van der Waals surface area contributed by atoms with Crippen LogP contribution >= 0.6 is 0 Å². The molecule has 0 amide bonds. The van der Waals surface area contributed by atoms with Crippen LogP contribution in [-0.2, 0) is 0 Å². The normalized spacial score (nSPS) is 17.5. The molecule has 0 bridgehead atoms. The van der Waals surface area contributed by atoms with Crippen LogP contribution in [0.2, 0.25) is 0 Å². The van der Waals surface area contributed by atoms with E-state index >= 15 is 0 Å². The summed E-state index contributed by atoms with van der Waals surface area (Å²) in [6, 6.07) is 14.6. The van der Waals surface area contributed by atoms with Gasteiger partial charge in [-0.1, -0.05) is 24.3 Å². The molecule has 0 spiro atoms. The summed E-state index contributed by atoms with van der Waals surface area (Å²) < 4.78 is 25.6. The molecule has 9 heteroatoms. The Balaban J connectivity index is 1.73. The molecule has 8 nitrogen and oxygen atoms in total. The summed E-state index contributed by atoms with van der Waals surface area (Å²) in [7, 11) is 3.11. The number of fused-ring (bicyclic) bond motifs is 1. The molecule has 1 aliphatic heterocycles. The summed E-state index contributed by atoms with van der Waals surface area (Å²) in [6.07, 6.45) is 0. The molecule has 1 aromatic heterocycles. The molecule has 0 radical (unpaired) electrons. The lowest BCUT2D eigenvalue weighted by molar-refractivity contribution is 0.0219. The molecule has 0 unspecified atom stereocenters. The number of methoxy groups -OCH3 is 2. The molecule has 3 aromatic carbocycles. The van der Waals surface area contributed by atoms with Gasteiger partial charge in [-0.3, -0.25) is 0 Å². The predicted octanol–water partition coefficient (Wildman–Crippen LogP) is 4.60. The van der Waals surface area contributed by atoms with Crippen molar-refractivity contribution in [2.24, 2.45) is 5.92 Å². The van der Waals surface area contributed by atoms with Gasteiger partial charge in [0.25, 0.3) is 0 Å². The van der Waals surface area contributed by atoms with Crippen molar-refractivity contribution in [1.82, 2.24) is 15.3 Å². The second-order valence-electron chi connectivity index (χ2n) is 10.00. The van der Waals surface area contributed by atoms with E-state index in [4.69, 9.17) is 19.4 Å². The van der Waals surface area contributed by atoms with E-state index in [0.29, 0.717) is 58.0 Å². The highest BCUT2D eigenvalue weighted by atomic mass is 19.1.